The van der Waals surface area contributed by atoms with Crippen LogP contribution in [0.4, 0.5) is 0 Å². The Morgan fingerprint density at radius 2 is 2.35 bits per heavy atom. The number of halogens is 1. The molecule has 1 unspecified atom stereocenters. The van der Waals surface area contributed by atoms with Crippen molar-refractivity contribution in [3.63, 3.8) is 0 Å². The molecular weight excluding hydrogens is 256 g/mol. The Morgan fingerprint density at radius 3 is 2.88 bits per heavy atom. The SMILES string of the molecule is CCN(CCc1nc(CCl)cs1)C(C)COC. The van der Waals surface area contributed by atoms with Gasteiger partial charge >= 0.3 is 0 Å². The van der Waals surface area contributed by atoms with Crippen LogP contribution >= 0.6 is 22.9 Å². The van der Waals surface area contributed by atoms with Crippen LogP contribution in [0, 0.1) is 0 Å². The van der Waals surface area contributed by atoms with E-state index in [2.05, 4.69) is 23.7 Å². The topological polar surface area (TPSA) is 25.4 Å². The molecule has 5 heteroatoms. The summed E-state index contributed by atoms with van der Waals surface area (Å²) in [6.45, 7) is 7.21. The van der Waals surface area contributed by atoms with Crippen LogP contribution in [-0.2, 0) is 17.0 Å². The van der Waals surface area contributed by atoms with Crippen LogP contribution in [0.25, 0.3) is 0 Å². The number of aromatic nitrogens is 1. The van der Waals surface area contributed by atoms with Gasteiger partial charge < -0.3 is 4.74 Å². The maximum atomic E-state index is 5.74. The third-order valence-electron chi connectivity index (χ3n) is 2.79. The molecule has 0 fully saturated rings. The van der Waals surface area contributed by atoms with Crippen molar-refractivity contribution in [1.82, 2.24) is 9.88 Å². The Bertz CT molecular complexity index is 319. The first-order valence-corrected chi connectivity index (χ1v) is 7.34. The quantitative estimate of drug-likeness (QED) is 0.683. The summed E-state index contributed by atoms with van der Waals surface area (Å²) in [5.74, 6) is 0.508. The summed E-state index contributed by atoms with van der Waals surface area (Å²) in [5.41, 5.74) is 0.986. The normalized spacial score (nSPS) is 13.2. The van der Waals surface area contributed by atoms with Gasteiger partial charge in [0, 0.05) is 31.5 Å². The minimum atomic E-state index is 0.456. The van der Waals surface area contributed by atoms with Crippen molar-refractivity contribution in [2.75, 3.05) is 26.8 Å². The highest BCUT2D eigenvalue weighted by molar-refractivity contribution is 7.09. The van der Waals surface area contributed by atoms with Crippen LogP contribution < -0.4 is 0 Å². The number of nitrogens with zero attached hydrogens (tertiary/aromatic N) is 2. The van der Waals surface area contributed by atoms with Gasteiger partial charge in [0.25, 0.3) is 0 Å². The van der Waals surface area contributed by atoms with Crippen molar-refractivity contribution < 1.29 is 4.74 Å². The molecule has 17 heavy (non-hydrogen) atoms. The van der Waals surface area contributed by atoms with Gasteiger partial charge in [0.05, 0.1) is 23.2 Å². The predicted octanol–water partition coefficient (Wildman–Crippen LogP) is 2.78. The summed E-state index contributed by atoms with van der Waals surface area (Å²) in [6.07, 6.45) is 0.990. The van der Waals surface area contributed by atoms with Crippen molar-refractivity contribution in [2.24, 2.45) is 0 Å². The van der Waals surface area contributed by atoms with E-state index in [1.807, 2.05) is 5.38 Å². The number of likely N-dealkylation sites (N-methyl/N-ethyl adjacent to an activating group) is 1. The van der Waals surface area contributed by atoms with E-state index in [1.165, 1.54) is 5.01 Å². The molecule has 0 amide bonds. The molecule has 1 aromatic rings. The van der Waals surface area contributed by atoms with Crippen LogP contribution in [0.5, 0.6) is 0 Å². The number of thiazole rings is 1. The zero-order chi connectivity index (χ0) is 12.7. The molecule has 1 aromatic heterocycles. The Morgan fingerprint density at radius 1 is 1.59 bits per heavy atom. The largest absolute Gasteiger partial charge is 0.383 e. The molecular formula is C12H21ClN2OS. The van der Waals surface area contributed by atoms with Gasteiger partial charge in [-0.1, -0.05) is 6.92 Å². The Balaban J connectivity index is 2.41. The number of hydrogen-bond donors (Lipinski definition) is 0. The first-order valence-electron chi connectivity index (χ1n) is 5.93. The van der Waals surface area contributed by atoms with Crippen molar-refractivity contribution in [1.29, 1.82) is 0 Å². The molecule has 0 aliphatic heterocycles. The second-order valence-electron chi connectivity index (χ2n) is 4.05. The van der Waals surface area contributed by atoms with Crippen LogP contribution in [0.3, 0.4) is 0 Å². The van der Waals surface area contributed by atoms with E-state index in [1.54, 1.807) is 18.4 Å². The molecule has 0 bridgehead atoms. The van der Waals surface area contributed by atoms with Gasteiger partial charge in [-0.25, -0.2) is 4.98 Å². The summed E-state index contributed by atoms with van der Waals surface area (Å²) in [7, 11) is 1.75. The van der Waals surface area contributed by atoms with E-state index in [4.69, 9.17) is 16.3 Å². The highest BCUT2D eigenvalue weighted by atomic mass is 35.5. The van der Waals surface area contributed by atoms with Gasteiger partial charge in [0.1, 0.15) is 0 Å². The lowest BCUT2D eigenvalue weighted by atomic mass is 10.2. The zero-order valence-electron chi connectivity index (χ0n) is 10.8. The monoisotopic (exact) mass is 276 g/mol. The molecule has 1 atom stereocenters. The highest BCUT2D eigenvalue weighted by Gasteiger charge is 2.12. The van der Waals surface area contributed by atoms with Crippen molar-refractivity contribution >= 4 is 22.9 Å². The fourth-order valence-corrected chi connectivity index (χ4v) is 2.82. The van der Waals surface area contributed by atoms with Gasteiger partial charge in [-0.2, -0.15) is 0 Å². The molecule has 98 valence electrons. The maximum Gasteiger partial charge on any atom is 0.0941 e. The average Bonchev–Trinajstić information content (AvgIpc) is 2.78. The van der Waals surface area contributed by atoms with E-state index in [0.29, 0.717) is 11.9 Å². The number of rotatable bonds is 8. The molecule has 0 aromatic carbocycles. The van der Waals surface area contributed by atoms with Gasteiger partial charge in [-0.3, -0.25) is 4.90 Å². The van der Waals surface area contributed by atoms with Gasteiger partial charge in [0.15, 0.2) is 0 Å². The van der Waals surface area contributed by atoms with E-state index in [0.717, 1.165) is 31.8 Å². The molecule has 0 radical (unpaired) electrons. The highest BCUT2D eigenvalue weighted by Crippen LogP contribution is 2.13. The lowest BCUT2D eigenvalue weighted by molar-refractivity contribution is 0.103. The number of ether oxygens (including phenoxy) is 1. The fourth-order valence-electron chi connectivity index (χ4n) is 1.80. The number of methoxy groups -OCH3 is 1. The van der Waals surface area contributed by atoms with E-state index < -0.39 is 0 Å². The third-order valence-corrected chi connectivity index (χ3v) is 4.02. The smallest absolute Gasteiger partial charge is 0.0941 e. The van der Waals surface area contributed by atoms with Crippen LogP contribution in [0.15, 0.2) is 5.38 Å². The van der Waals surface area contributed by atoms with E-state index in [-0.39, 0.29) is 0 Å². The Labute approximate surface area is 113 Å². The van der Waals surface area contributed by atoms with Gasteiger partial charge in [-0.15, -0.1) is 22.9 Å². The van der Waals surface area contributed by atoms with Crippen LogP contribution in [0.2, 0.25) is 0 Å². The van der Waals surface area contributed by atoms with E-state index >= 15 is 0 Å². The lowest BCUT2D eigenvalue weighted by Gasteiger charge is -2.26. The Kier molecular flexibility index (Phi) is 7.04. The minimum Gasteiger partial charge on any atom is -0.383 e. The molecule has 0 saturated heterocycles. The third kappa shape index (κ3) is 4.92. The summed E-state index contributed by atoms with van der Waals surface area (Å²) in [6, 6.07) is 0.456. The molecule has 0 saturated carbocycles. The molecule has 1 rings (SSSR count). The Hall–Kier alpha value is -0.160. The maximum absolute atomic E-state index is 5.74. The van der Waals surface area contributed by atoms with Crippen molar-refractivity contribution in [3.8, 4) is 0 Å². The summed E-state index contributed by atoms with van der Waals surface area (Å²) < 4.78 is 5.19. The van der Waals surface area contributed by atoms with Crippen molar-refractivity contribution in [2.45, 2.75) is 32.2 Å². The van der Waals surface area contributed by atoms with Gasteiger partial charge in [-0.05, 0) is 13.5 Å². The van der Waals surface area contributed by atoms with Crippen LogP contribution in [0.1, 0.15) is 24.5 Å². The van der Waals surface area contributed by atoms with Crippen molar-refractivity contribution in [3.05, 3.63) is 16.1 Å². The second kappa shape index (κ2) is 8.03. The second-order valence-corrected chi connectivity index (χ2v) is 5.26. The summed E-state index contributed by atoms with van der Waals surface area (Å²) in [4.78, 5) is 6.88. The number of alkyl halides is 1. The van der Waals surface area contributed by atoms with E-state index in [9.17, 15) is 0 Å². The predicted molar refractivity (Wildman–Crippen MR) is 74.0 cm³/mol. The zero-order valence-corrected chi connectivity index (χ0v) is 12.4. The fraction of sp³-hybridized carbons (Fsp3) is 0.750. The average molecular weight is 277 g/mol. The lowest BCUT2D eigenvalue weighted by Crippen LogP contribution is -2.37. The van der Waals surface area contributed by atoms with Gasteiger partial charge in [0.2, 0.25) is 0 Å². The number of hydrogen-bond acceptors (Lipinski definition) is 4. The molecule has 3 nitrogen and oxygen atoms in total. The first-order chi connectivity index (χ1) is 8.21. The standard InChI is InChI=1S/C12H21ClN2OS/c1-4-15(10(2)8-16-3)6-5-12-14-11(7-13)9-17-12/h9-10H,4-8H2,1-3H3. The first kappa shape index (κ1) is 14.9. The van der Waals surface area contributed by atoms with Crippen LogP contribution in [-0.4, -0.2) is 42.7 Å². The molecule has 0 aliphatic rings. The summed E-state index contributed by atoms with van der Waals surface area (Å²) >= 11 is 7.44. The minimum absolute atomic E-state index is 0.456. The molecule has 1 heterocycles. The molecule has 0 N–H and O–H groups in total. The molecule has 0 aliphatic carbocycles. The molecule has 0 spiro atoms. The summed E-state index contributed by atoms with van der Waals surface area (Å²) in [5, 5.41) is 3.21.